The zero-order valence-electron chi connectivity index (χ0n) is 9.70. The fourth-order valence-corrected chi connectivity index (χ4v) is 2.49. The molecular formula is C14H17NO. The van der Waals surface area contributed by atoms with Crippen LogP contribution < -0.4 is 4.90 Å². The smallest absolute Gasteiger partial charge is 0.159 e. The van der Waals surface area contributed by atoms with Crippen LogP contribution >= 0.6 is 0 Å². The SMILES string of the molecule is CC(=O)c1ccc2c(c1)CCN2CC1CC1. The van der Waals surface area contributed by atoms with Crippen molar-refractivity contribution in [2.45, 2.75) is 26.2 Å². The van der Waals surface area contributed by atoms with Gasteiger partial charge in [0.05, 0.1) is 0 Å². The first kappa shape index (κ1) is 9.88. The van der Waals surface area contributed by atoms with Gasteiger partial charge in [-0.1, -0.05) is 0 Å². The molecule has 0 N–H and O–H groups in total. The molecule has 1 saturated carbocycles. The summed E-state index contributed by atoms with van der Waals surface area (Å²) >= 11 is 0. The quantitative estimate of drug-likeness (QED) is 0.722. The second-order valence-electron chi connectivity index (χ2n) is 5.04. The van der Waals surface area contributed by atoms with Crippen molar-refractivity contribution in [3.8, 4) is 0 Å². The first-order valence-corrected chi connectivity index (χ1v) is 6.13. The molecule has 84 valence electrons. The monoisotopic (exact) mass is 215 g/mol. The lowest BCUT2D eigenvalue weighted by Gasteiger charge is -2.18. The number of benzene rings is 1. The van der Waals surface area contributed by atoms with Gasteiger partial charge in [-0.25, -0.2) is 0 Å². The molecule has 1 aromatic carbocycles. The number of carbonyl (C=O) groups is 1. The minimum atomic E-state index is 0.170. The van der Waals surface area contributed by atoms with Crippen LogP contribution in [0.2, 0.25) is 0 Å². The lowest BCUT2D eigenvalue weighted by molar-refractivity contribution is 0.101. The molecule has 0 atom stereocenters. The van der Waals surface area contributed by atoms with E-state index in [1.807, 2.05) is 6.07 Å². The Hall–Kier alpha value is -1.31. The van der Waals surface area contributed by atoms with E-state index in [-0.39, 0.29) is 5.78 Å². The number of ketones is 1. The lowest BCUT2D eigenvalue weighted by Crippen LogP contribution is -2.22. The van der Waals surface area contributed by atoms with Crippen molar-refractivity contribution in [3.63, 3.8) is 0 Å². The van der Waals surface area contributed by atoms with E-state index in [0.29, 0.717) is 0 Å². The van der Waals surface area contributed by atoms with Gasteiger partial charge >= 0.3 is 0 Å². The maximum Gasteiger partial charge on any atom is 0.159 e. The summed E-state index contributed by atoms with van der Waals surface area (Å²) in [6, 6.07) is 6.17. The predicted octanol–water partition coefficient (Wildman–Crippen LogP) is 2.66. The van der Waals surface area contributed by atoms with Crippen molar-refractivity contribution < 1.29 is 4.79 Å². The van der Waals surface area contributed by atoms with Crippen LogP contribution in [0, 0.1) is 5.92 Å². The Morgan fingerprint density at radius 2 is 2.25 bits per heavy atom. The Morgan fingerprint density at radius 3 is 2.94 bits per heavy atom. The highest BCUT2D eigenvalue weighted by molar-refractivity contribution is 5.94. The molecule has 0 saturated heterocycles. The topological polar surface area (TPSA) is 20.3 Å². The van der Waals surface area contributed by atoms with Crippen LogP contribution in [0.5, 0.6) is 0 Å². The number of hydrogen-bond acceptors (Lipinski definition) is 2. The highest BCUT2D eigenvalue weighted by atomic mass is 16.1. The largest absolute Gasteiger partial charge is 0.371 e. The van der Waals surface area contributed by atoms with Crippen LogP contribution in [0.1, 0.15) is 35.7 Å². The summed E-state index contributed by atoms with van der Waals surface area (Å²) in [6.07, 6.45) is 3.90. The highest BCUT2D eigenvalue weighted by Gasteiger charge is 2.27. The molecule has 2 heteroatoms. The fraction of sp³-hybridized carbons (Fsp3) is 0.500. The van der Waals surface area contributed by atoms with Crippen LogP contribution in [0.25, 0.3) is 0 Å². The van der Waals surface area contributed by atoms with E-state index in [9.17, 15) is 4.79 Å². The van der Waals surface area contributed by atoms with Crippen molar-refractivity contribution in [2.75, 3.05) is 18.0 Å². The Labute approximate surface area is 96.3 Å². The summed E-state index contributed by atoms with van der Waals surface area (Å²) < 4.78 is 0. The van der Waals surface area contributed by atoms with Crippen molar-refractivity contribution in [2.24, 2.45) is 5.92 Å². The number of rotatable bonds is 3. The molecule has 1 fully saturated rings. The first-order valence-electron chi connectivity index (χ1n) is 6.13. The van der Waals surface area contributed by atoms with Crippen LogP contribution in [-0.4, -0.2) is 18.9 Å². The zero-order chi connectivity index (χ0) is 11.1. The molecule has 0 unspecified atom stereocenters. The lowest BCUT2D eigenvalue weighted by atomic mass is 10.1. The predicted molar refractivity (Wildman–Crippen MR) is 65.1 cm³/mol. The van der Waals surface area contributed by atoms with Gasteiger partial charge in [-0.05, 0) is 55.9 Å². The Morgan fingerprint density at radius 1 is 1.44 bits per heavy atom. The standard InChI is InChI=1S/C14H17NO/c1-10(16)12-4-5-14-13(8-12)6-7-15(14)9-11-2-3-11/h4-5,8,11H,2-3,6-7,9H2,1H3. The molecule has 0 aromatic heterocycles. The van der Waals surface area contributed by atoms with Crippen LogP contribution in [0.15, 0.2) is 18.2 Å². The molecular weight excluding hydrogens is 198 g/mol. The Kier molecular flexibility index (Phi) is 2.23. The van der Waals surface area contributed by atoms with Gasteiger partial charge in [0.25, 0.3) is 0 Å². The average Bonchev–Trinajstić information content (AvgIpc) is 2.99. The number of nitrogens with zero attached hydrogens (tertiary/aromatic N) is 1. The summed E-state index contributed by atoms with van der Waals surface area (Å²) in [5.41, 5.74) is 3.57. The van der Waals surface area contributed by atoms with E-state index in [1.165, 1.54) is 30.6 Å². The van der Waals surface area contributed by atoms with E-state index in [4.69, 9.17) is 0 Å². The molecule has 0 radical (unpaired) electrons. The number of fused-ring (bicyclic) bond motifs is 1. The zero-order valence-corrected chi connectivity index (χ0v) is 9.70. The van der Waals surface area contributed by atoms with Crippen molar-refractivity contribution in [1.82, 2.24) is 0 Å². The molecule has 1 aliphatic carbocycles. The van der Waals surface area contributed by atoms with Crippen molar-refractivity contribution in [3.05, 3.63) is 29.3 Å². The second kappa shape index (κ2) is 3.62. The van der Waals surface area contributed by atoms with Crippen LogP contribution in [0.4, 0.5) is 5.69 Å². The summed E-state index contributed by atoms with van der Waals surface area (Å²) in [5.74, 6) is 1.10. The average molecular weight is 215 g/mol. The van der Waals surface area contributed by atoms with E-state index in [1.54, 1.807) is 6.92 Å². The van der Waals surface area contributed by atoms with Gasteiger partial charge < -0.3 is 4.90 Å². The van der Waals surface area contributed by atoms with Gasteiger partial charge in [-0.3, -0.25) is 4.79 Å². The van der Waals surface area contributed by atoms with Gasteiger partial charge in [-0.15, -0.1) is 0 Å². The van der Waals surface area contributed by atoms with Gasteiger partial charge in [0.1, 0.15) is 0 Å². The number of Topliss-reactive ketones (excluding diaryl/α,β-unsaturated/α-hetero) is 1. The summed E-state index contributed by atoms with van der Waals surface area (Å²) in [4.78, 5) is 13.8. The fourth-order valence-electron chi connectivity index (χ4n) is 2.49. The molecule has 1 aromatic rings. The van der Waals surface area contributed by atoms with Gasteiger partial charge in [-0.2, -0.15) is 0 Å². The molecule has 0 bridgehead atoms. The molecule has 16 heavy (non-hydrogen) atoms. The van der Waals surface area contributed by atoms with E-state index < -0.39 is 0 Å². The van der Waals surface area contributed by atoms with Crippen LogP contribution in [0.3, 0.4) is 0 Å². The summed E-state index contributed by atoms with van der Waals surface area (Å²) in [7, 11) is 0. The minimum Gasteiger partial charge on any atom is -0.371 e. The van der Waals surface area contributed by atoms with Crippen molar-refractivity contribution >= 4 is 11.5 Å². The minimum absolute atomic E-state index is 0.170. The van der Waals surface area contributed by atoms with Crippen LogP contribution in [-0.2, 0) is 6.42 Å². The third-order valence-electron chi connectivity index (χ3n) is 3.65. The maximum absolute atomic E-state index is 11.3. The number of anilines is 1. The van der Waals surface area contributed by atoms with Gasteiger partial charge in [0, 0.05) is 24.3 Å². The van der Waals surface area contributed by atoms with Crippen molar-refractivity contribution in [1.29, 1.82) is 0 Å². The molecule has 3 rings (SSSR count). The highest BCUT2D eigenvalue weighted by Crippen LogP contribution is 2.35. The molecule has 2 aliphatic rings. The summed E-state index contributed by atoms with van der Waals surface area (Å²) in [6.45, 7) is 3.98. The molecule has 1 aliphatic heterocycles. The second-order valence-corrected chi connectivity index (χ2v) is 5.04. The normalized spacial score (nSPS) is 18.7. The molecule has 2 nitrogen and oxygen atoms in total. The number of carbonyl (C=O) groups excluding carboxylic acids is 1. The third-order valence-corrected chi connectivity index (χ3v) is 3.65. The van der Waals surface area contributed by atoms with Gasteiger partial charge in [0.2, 0.25) is 0 Å². The first-order chi connectivity index (χ1) is 7.74. The van der Waals surface area contributed by atoms with E-state index >= 15 is 0 Å². The summed E-state index contributed by atoms with van der Waals surface area (Å²) in [5, 5.41) is 0. The Balaban J connectivity index is 1.85. The Bertz CT molecular complexity index is 434. The maximum atomic E-state index is 11.3. The molecule has 0 spiro atoms. The third kappa shape index (κ3) is 1.73. The number of hydrogen-bond donors (Lipinski definition) is 0. The van der Waals surface area contributed by atoms with E-state index in [2.05, 4.69) is 17.0 Å². The van der Waals surface area contributed by atoms with Gasteiger partial charge in [0.15, 0.2) is 5.78 Å². The molecule has 1 heterocycles. The molecule has 0 amide bonds. The van der Waals surface area contributed by atoms with E-state index in [0.717, 1.165) is 24.4 Å².